The summed E-state index contributed by atoms with van der Waals surface area (Å²) in [6.07, 6.45) is 1.07. The fraction of sp³-hybridized carbons (Fsp3) is 0.529. The van der Waals surface area contributed by atoms with Crippen molar-refractivity contribution in [1.82, 2.24) is 0 Å². The van der Waals surface area contributed by atoms with Crippen LogP contribution in [0.2, 0.25) is 0 Å². The maximum Gasteiger partial charge on any atom is 0.127 e. The Bertz CT molecular complexity index is 515. The molecule has 1 aromatic carbocycles. The van der Waals surface area contributed by atoms with Crippen molar-refractivity contribution < 1.29 is 53.9 Å². The van der Waals surface area contributed by atoms with E-state index < -0.39 is 0 Å². The van der Waals surface area contributed by atoms with Crippen LogP contribution in [0.3, 0.4) is 0 Å². The van der Waals surface area contributed by atoms with E-state index in [2.05, 4.69) is 34.6 Å². The third-order valence-corrected chi connectivity index (χ3v) is 4.15. The molecule has 0 aliphatic carbocycles. The van der Waals surface area contributed by atoms with Gasteiger partial charge in [0.15, 0.2) is 0 Å². The predicted octanol–water partition coefficient (Wildman–Crippen LogP) is 4.60. The first-order valence-electron chi connectivity index (χ1n) is 6.95. The van der Waals surface area contributed by atoms with Crippen molar-refractivity contribution in [2.75, 3.05) is 6.61 Å². The molecule has 1 aromatic rings. The molecule has 0 atom stereocenters. The van der Waals surface area contributed by atoms with Crippen LogP contribution in [0.4, 0.5) is 0 Å². The predicted molar refractivity (Wildman–Crippen MR) is 78.8 cm³/mol. The maximum atomic E-state index is 9.67. The van der Waals surface area contributed by atoms with Crippen molar-refractivity contribution in [1.29, 1.82) is 0 Å². The van der Waals surface area contributed by atoms with Crippen LogP contribution in [0.15, 0.2) is 29.8 Å². The molecule has 0 amide bonds. The summed E-state index contributed by atoms with van der Waals surface area (Å²) in [7, 11) is 0. The topological polar surface area (TPSA) is 29.5 Å². The number of rotatable bonds is 3. The third-order valence-electron chi connectivity index (χ3n) is 4.15. The van der Waals surface area contributed by atoms with E-state index in [1.807, 2.05) is 12.1 Å². The molecule has 0 fully saturated rings. The Labute approximate surface area is 158 Å². The van der Waals surface area contributed by atoms with E-state index in [4.69, 9.17) is 4.74 Å². The van der Waals surface area contributed by atoms with Crippen molar-refractivity contribution in [3.8, 4) is 5.75 Å². The normalized spacial score (nSPS) is 17.6. The number of ether oxygens (including phenoxy) is 1. The first-order chi connectivity index (χ1) is 8.78. The van der Waals surface area contributed by atoms with Gasteiger partial charge in [-0.25, -0.2) is 0 Å². The van der Waals surface area contributed by atoms with Crippen LogP contribution in [0.5, 0.6) is 5.75 Å². The Balaban J connectivity index is 0.00000200. The molecule has 0 unspecified atom stereocenters. The van der Waals surface area contributed by atoms with Gasteiger partial charge in [-0.1, -0.05) is 46.8 Å². The van der Waals surface area contributed by atoms with Crippen LogP contribution >= 0.6 is 0 Å². The van der Waals surface area contributed by atoms with Crippen LogP contribution in [0, 0.1) is 54.9 Å². The van der Waals surface area contributed by atoms with Gasteiger partial charge in [0.1, 0.15) is 11.5 Å². The standard InChI is InChI=1S/C17H24O2.Ac/c1-6-16(2,3)15-14(19-11-17(15,4)5)12-8-7-9-13(18)10-12;/h7-10,18H,6,11H2,1-5H3;. The average Bonchev–Trinajstić information content (AvgIpc) is 2.65. The van der Waals surface area contributed by atoms with Gasteiger partial charge in [-0.15, -0.1) is 0 Å². The van der Waals surface area contributed by atoms with Gasteiger partial charge >= 0.3 is 0 Å². The average molecular weight is 487 g/mol. The minimum Gasteiger partial charge on any atom is -0.508 e. The second-order valence-electron chi connectivity index (χ2n) is 6.66. The van der Waals surface area contributed by atoms with E-state index in [1.54, 1.807) is 12.1 Å². The summed E-state index contributed by atoms with van der Waals surface area (Å²) < 4.78 is 5.98. The largest absolute Gasteiger partial charge is 0.508 e. The molecule has 1 heterocycles. The number of aromatic hydroxyl groups is 1. The smallest absolute Gasteiger partial charge is 0.127 e. The zero-order valence-corrected chi connectivity index (χ0v) is 17.9. The van der Waals surface area contributed by atoms with Crippen molar-refractivity contribution in [2.24, 2.45) is 10.8 Å². The molecular formula is C17H24AcO2. The molecule has 3 heteroatoms. The fourth-order valence-corrected chi connectivity index (χ4v) is 2.98. The number of benzene rings is 1. The van der Waals surface area contributed by atoms with Gasteiger partial charge in [-0.05, 0) is 29.5 Å². The van der Waals surface area contributed by atoms with E-state index in [-0.39, 0.29) is 60.6 Å². The molecule has 2 nitrogen and oxygen atoms in total. The Morgan fingerprint density at radius 3 is 2.50 bits per heavy atom. The van der Waals surface area contributed by atoms with Crippen molar-refractivity contribution in [2.45, 2.75) is 41.0 Å². The van der Waals surface area contributed by atoms with Gasteiger partial charge in [0, 0.05) is 55.0 Å². The molecule has 0 aromatic heterocycles. The summed E-state index contributed by atoms with van der Waals surface area (Å²) in [4.78, 5) is 0. The molecule has 1 aliphatic heterocycles. The zero-order valence-electron chi connectivity index (χ0n) is 13.2. The number of phenolic OH excluding ortho intramolecular Hbond substituents is 1. The van der Waals surface area contributed by atoms with E-state index in [0.717, 1.165) is 17.7 Å². The quantitative estimate of drug-likeness (QED) is 0.676. The molecule has 0 bridgehead atoms. The summed E-state index contributed by atoms with van der Waals surface area (Å²) in [6, 6.07) is 7.34. The van der Waals surface area contributed by atoms with Crippen LogP contribution in [0.1, 0.15) is 46.6 Å². The zero-order chi connectivity index (χ0) is 14.3. The van der Waals surface area contributed by atoms with Gasteiger partial charge in [-0.3, -0.25) is 0 Å². The van der Waals surface area contributed by atoms with Crippen LogP contribution in [0.25, 0.3) is 5.76 Å². The summed E-state index contributed by atoms with van der Waals surface area (Å²) in [6.45, 7) is 11.9. The summed E-state index contributed by atoms with van der Waals surface area (Å²) in [5, 5.41) is 9.67. The first kappa shape index (κ1) is 18.1. The Hall–Kier alpha value is 0.00156. The second-order valence-corrected chi connectivity index (χ2v) is 6.66. The van der Waals surface area contributed by atoms with Crippen molar-refractivity contribution >= 4 is 5.76 Å². The molecule has 20 heavy (non-hydrogen) atoms. The molecule has 107 valence electrons. The van der Waals surface area contributed by atoms with E-state index in [0.29, 0.717) is 6.61 Å². The molecule has 2 rings (SSSR count). The molecule has 0 saturated heterocycles. The van der Waals surface area contributed by atoms with Gasteiger partial charge < -0.3 is 9.84 Å². The molecule has 1 radical (unpaired) electrons. The minimum absolute atomic E-state index is 0. The monoisotopic (exact) mass is 487 g/mol. The summed E-state index contributed by atoms with van der Waals surface area (Å²) in [5.74, 6) is 1.24. The van der Waals surface area contributed by atoms with Crippen LogP contribution in [-0.2, 0) is 4.74 Å². The van der Waals surface area contributed by atoms with E-state index in [9.17, 15) is 5.11 Å². The van der Waals surface area contributed by atoms with E-state index >= 15 is 0 Å². The molecular weight excluding hydrogens is 463 g/mol. The van der Waals surface area contributed by atoms with Crippen LogP contribution in [-0.4, -0.2) is 11.7 Å². The molecule has 0 spiro atoms. The van der Waals surface area contributed by atoms with Gasteiger partial charge in [-0.2, -0.15) is 0 Å². The van der Waals surface area contributed by atoms with Crippen molar-refractivity contribution in [3.05, 3.63) is 35.4 Å². The number of hydrogen-bond donors (Lipinski definition) is 1. The van der Waals surface area contributed by atoms with Crippen LogP contribution < -0.4 is 0 Å². The Morgan fingerprint density at radius 2 is 1.95 bits per heavy atom. The SMILES string of the molecule is CCC(C)(C)C1=C(c2cccc(O)c2)OCC1(C)C.[Ac]. The maximum absolute atomic E-state index is 9.67. The number of hydrogen-bond acceptors (Lipinski definition) is 2. The van der Waals surface area contributed by atoms with Gasteiger partial charge in [0.2, 0.25) is 0 Å². The third kappa shape index (κ3) is 3.42. The summed E-state index contributed by atoms with van der Waals surface area (Å²) >= 11 is 0. The van der Waals surface area contributed by atoms with Crippen molar-refractivity contribution in [3.63, 3.8) is 0 Å². The molecule has 1 N–H and O–H groups in total. The van der Waals surface area contributed by atoms with Gasteiger partial charge in [0.25, 0.3) is 0 Å². The Morgan fingerprint density at radius 1 is 1.30 bits per heavy atom. The fourth-order valence-electron chi connectivity index (χ4n) is 2.98. The molecule has 0 saturated carbocycles. The molecule has 1 aliphatic rings. The number of phenols is 1. The van der Waals surface area contributed by atoms with Gasteiger partial charge in [0.05, 0.1) is 6.61 Å². The van der Waals surface area contributed by atoms with E-state index in [1.165, 1.54) is 5.57 Å². The summed E-state index contributed by atoms with van der Waals surface area (Å²) in [5.41, 5.74) is 2.47. The Kier molecular flexibility index (Phi) is 5.78. The minimum atomic E-state index is 0. The first-order valence-corrected chi connectivity index (χ1v) is 6.95. The second kappa shape index (κ2) is 6.41.